The standard InChI is InChI=1S/C27H39N3O2/c1-18(2)25(19-9-11-23(32-3)12-10-19)28-27(31)30-14-6-7-20-15-21-16-22(26(20)30)17-29-13-5-4-8-24(21)29/h9-12,15,18,21-22,24-26H,4-8,13-14,16-17H2,1-3H3,(H,28,31)/t21-,22-,24-,25+,26+/m0/s1. The van der Waals surface area contributed by atoms with E-state index in [0.29, 0.717) is 17.8 Å². The number of fused-ring (bicyclic) bond motifs is 6. The van der Waals surface area contributed by atoms with Gasteiger partial charge < -0.3 is 15.0 Å². The first-order valence-electron chi connectivity index (χ1n) is 12.7. The average Bonchev–Trinajstić information content (AvgIpc) is 2.82. The molecule has 1 aliphatic carbocycles. The van der Waals surface area contributed by atoms with Crippen LogP contribution in [0.5, 0.6) is 5.75 Å². The number of likely N-dealkylation sites (tertiary alicyclic amines) is 1. The fourth-order valence-electron chi connectivity index (χ4n) is 6.86. The number of urea groups is 1. The lowest BCUT2D eigenvalue weighted by Crippen LogP contribution is -2.61. The van der Waals surface area contributed by atoms with Crippen molar-refractivity contribution in [2.24, 2.45) is 17.8 Å². The maximum Gasteiger partial charge on any atom is 0.318 e. The van der Waals surface area contributed by atoms with Gasteiger partial charge >= 0.3 is 6.03 Å². The number of carbonyl (C=O) groups excluding carboxylic acids is 1. The van der Waals surface area contributed by atoms with Crippen LogP contribution in [0.3, 0.4) is 0 Å². The van der Waals surface area contributed by atoms with Gasteiger partial charge in [-0.25, -0.2) is 4.79 Å². The molecule has 32 heavy (non-hydrogen) atoms. The molecular weight excluding hydrogens is 398 g/mol. The Morgan fingerprint density at radius 1 is 1.12 bits per heavy atom. The predicted molar refractivity (Wildman–Crippen MR) is 128 cm³/mol. The summed E-state index contributed by atoms with van der Waals surface area (Å²) in [6.45, 7) is 7.64. The molecule has 0 spiro atoms. The van der Waals surface area contributed by atoms with Crippen molar-refractivity contribution in [2.45, 2.75) is 70.5 Å². The van der Waals surface area contributed by atoms with Crippen LogP contribution < -0.4 is 10.1 Å². The first kappa shape index (κ1) is 21.8. The monoisotopic (exact) mass is 437 g/mol. The Morgan fingerprint density at radius 2 is 1.94 bits per heavy atom. The number of rotatable bonds is 4. The van der Waals surface area contributed by atoms with Crippen LogP contribution in [0.2, 0.25) is 0 Å². The van der Waals surface area contributed by atoms with Crippen molar-refractivity contribution in [2.75, 3.05) is 26.7 Å². The Bertz CT molecular complexity index is 849. The van der Waals surface area contributed by atoms with E-state index in [9.17, 15) is 4.79 Å². The van der Waals surface area contributed by atoms with Crippen molar-refractivity contribution in [1.82, 2.24) is 15.1 Å². The van der Waals surface area contributed by atoms with E-state index in [1.807, 2.05) is 12.1 Å². The fourth-order valence-corrected chi connectivity index (χ4v) is 6.86. The van der Waals surface area contributed by atoms with Gasteiger partial charge in [0.2, 0.25) is 0 Å². The van der Waals surface area contributed by atoms with Crippen LogP contribution in [-0.2, 0) is 0 Å². The number of nitrogens with zero attached hydrogens (tertiary/aromatic N) is 2. The van der Waals surface area contributed by atoms with Gasteiger partial charge in [0, 0.05) is 19.1 Å². The molecular formula is C27H39N3O2. The van der Waals surface area contributed by atoms with Crippen LogP contribution in [0.25, 0.3) is 0 Å². The lowest BCUT2D eigenvalue weighted by atomic mass is 9.68. The van der Waals surface area contributed by atoms with Gasteiger partial charge in [0.25, 0.3) is 0 Å². The second kappa shape index (κ2) is 9.09. The molecule has 1 aromatic carbocycles. The Balaban J connectivity index is 1.35. The molecule has 0 radical (unpaired) electrons. The predicted octanol–water partition coefficient (Wildman–Crippen LogP) is 5.00. The normalized spacial score (nSPS) is 30.8. The first-order chi connectivity index (χ1) is 15.5. The number of amides is 2. The van der Waals surface area contributed by atoms with Crippen molar-refractivity contribution in [1.29, 1.82) is 0 Å². The van der Waals surface area contributed by atoms with Gasteiger partial charge in [-0.15, -0.1) is 0 Å². The smallest absolute Gasteiger partial charge is 0.318 e. The van der Waals surface area contributed by atoms with Gasteiger partial charge in [-0.1, -0.05) is 44.1 Å². The summed E-state index contributed by atoms with van der Waals surface area (Å²) in [6, 6.07) is 9.26. The van der Waals surface area contributed by atoms with Crippen LogP contribution in [0.15, 0.2) is 35.9 Å². The number of methoxy groups -OCH3 is 1. The SMILES string of the molecule is COc1ccc([C@H](NC(=O)N2CCCC3=C[C@H]4C[C@@H](CN5CCCC[C@@H]45)[C@@H]32)C(C)C)cc1. The quantitative estimate of drug-likeness (QED) is 0.675. The summed E-state index contributed by atoms with van der Waals surface area (Å²) >= 11 is 0. The summed E-state index contributed by atoms with van der Waals surface area (Å²) in [4.78, 5) is 18.6. The molecule has 2 amide bonds. The van der Waals surface area contributed by atoms with Gasteiger partial charge in [0.05, 0.1) is 19.2 Å². The second-order valence-corrected chi connectivity index (χ2v) is 10.6. The van der Waals surface area contributed by atoms with Crippen molar-refractivity contribution in [3.63, 3.8) is 0 Å². The van der Waals surface area contributed by atoms with Crippen LogP contribution in [0.1, 0.15) is 64.0 Å². The molecule has 0 saturated carbocycles. The van der Waals surface area contributed by atoms with Crippen molar-refractivity contribution in [3.05, 3.63) is 41.5 Å². The van der Waals surface area contributed by atoms with Crippen LogP contribution >= 0.6 is 0 Å². The number of carbonyl (C=O) groups is 1. The van der Waals surface area contributed by atoms with Gasteiger partial charge in [0.1, 0.15) is 5.75 Å². The number of nitrogens with one attached hydrogen (secondary N) is 1. The zero-order valence-electron chi connectivity index (χ0n) is 19.9. The van der Waals surface area contributed by atoms with Gasteiger partial charge in [-0.2, -0.15) is 0 Å². The highest BCUT2D eigenvalue weighted by Gasteiger charge is 2.47. The summed E-state index contributed by atoms with van der Waals surface area (Å²) in [5.74, 6) is 2.44. The van der Waals surface area contributed by atoms with E-state index in [1.165, 1.54) is 45.2 Å². The molecule has 5 heteroatoms. The highest BCUT2D eigenvalue weighted by molar-refractivity contribution is 5.76. The van der Waals surface area contributed by atoms with E-state index in [-0.39, 0.29) is 18.1 Å². The third kappa shape index (κ3) is 4.05. The van der Waals surface area contributed by atoms with Crippen molar-refractivity contribution in [3.8, 4) is 5.75 Å². The van der Waals surface area contributed by atoms with Crippen molar-refractivity contribution < 1.29 is 9.53 Å². The molecule has 3 heterocycles. The lowest BCUT2D eigenvalue weighted by Gasteiger charge is -2.54. The van der Waals surface area contributed by atoms with Crippen LogP contribution in [-0.4, -0.2) is 54.7 Å². The topological polar surface area (TPSA) is 44.8 Å². The summed E-state index contributed by atoms with van der Waals surface area (Å²) in [5, 5.41) is 3.41. The average molecular weight is 438 g/mol. The van der Waals surface area contributed by atoms with Crippen molar-refractivity contribution >= 4 is 6.03 Å². The minimum Gasteiger partial charge on any atom is -0.497 e. The molecule has 2 bridgehead atoms. The summed E-state index contributed by atoms with van der Waals surface area (Å²) in [6.07, 6.45) is 10.2. The Hall–Kier alpha value is -2.01. The number of hydrogen-bond acceptors (Lipinski definition) is 3. The minimum absolute atomic E-state index is 0.00284. The number of piperidine rings is 3. The Kier molecular flexibility index (Phi) is 6.20. The number of benzene rings is 1. The van der Waals surface area contributed by atoms with Gasteiger partial charge in [0.15, 0.2) is 0 Å². The molecule has 5 rings (SSSR count). The number of hydrogen-bond donors (Lipinski definition) is 1. The zero-order chi connectivity index (χ0) is 22.2. The largest absolute Gasteiger partial charge is 0.497 e. The molecule has 174 valence electrons. The lowest BCUT2D eigenvalue weighted by molar-refractivity contribution is 0.00753. The fraction of sp³-hybridized carbons (Fsp3) is 0.667. The molecule has 4 aliphatic rings. The first-order valence-corrected chi connectivity index (χ1v) is 12.7. The third-order valence-electron chi connectivity index (χ3n) is 8.34. The maximum atomic E-state index is 13.7. The van der Waals surface area contributed by atoms with E-state index in [4.69, 9.17) is 4.74 Å². The Labute approximate surface area is 193 Å². The van der Waals surface area contributed by atoms with Crippen LogP contribution in [0.4, 0.5) is 4.79 Å². The second-order valence-electron chi connectivity index (χ2n) is 10.6. The third-order valence-corrected chi connectivity index (χ3v) is 8.34. The molecule has 5 atom stereocenters. The Morgan fingerprint density at radius 3 is 2.69 bits per heavy atom. The summed E-state index contributed by atoms with van der Waals surface area (Å²) < 4.78 is 5.32. The molecule has 3 aliphatic heterocycles. The molecule has 1 aromatic rings. The van der Waals surface area contributed by atoms with Gasteiger partial charge in [-0.05, 0) is 74.1 Å². The minimum atomic E-state index is -0.00284. The molecule has 1 N–H and O–H groups in total. The highest BCUT2D eigenvalue weighted by atomic mass is 16.5. The summed E-state index contributed by atoms with van der Waals surface area (Å²) in [7, 11) is 1.68. The van der Waals surface area contributed by atoms with E-state index < -0.39 is 0 Å². The van der Waals surface area contributed by atoms with Gasteiger partial charge in [-0.3, -0.25) is 4.90 Å². The van der Waals surface area contributed by atoms with Crippen LogP contribution in [0, 0.1) is 17.8 Å². The molecule has 0 aromatic heterocycles. The molecule has 3 saturated heterocycles. The molecule has 0 unspecified atom stereocenters. The van der Waals surface area contributed by atoms with E-state index >= 15 is 0 Å². The van der Waals surface area contributed by atoms with E-state index in [0.717, 1.165) is 30.3 Å². The molecule has 5 nitrogen and oxygen atoms in total. The highest BCUT2D eigenvalue weighted by Crippen LogP contribution is 2.45. The summed E-state index contributed by atoms with van der Waals surface area (Å²) in [5.41, 5.74) is 2.68. The number of ether oxygens (including phenoxy) is 1. The van der Waals surface area contributed by atoms with E-state index in [2.05, 4.69) is 47.2 Å². The molecule has 3 fully saturated rings. The van der Waals surface area contributed by atoms with E-state index in [1.54, 1.807) is 12.7 Å². The zero-order valence-corrected chi connectivity index (χ0v) is 19.9. The maximum absolute atomic E-state index is 13.7.